The van der Waals surface area contributed by atoms with E-state index in [1.807, 2.05) is 27.7 Å². The molecular weight excluding hydrogens is 676 g/mol. The highest BCUT2D eigenvalue weighted by Gasteiger charge is 2.51. The Balaban J connectivity index is 1.36. The van der Waals surface area contributed by atoms with E-state index in [2.05, 4.69) is 26.6 Å². The zero-order valence-corrected chi connectivity index (χ0v) is 31.7. The first-order chi connectivity index (χ1) is 25.3. The molecule has 5 N–H and O–H groups in total. The molecule has 3 saturated carbocycles. The van der Waals surface area contributed by atoms with Crippen molar-refractivity contribution in [3.05, 3.63) is 30.3 Å². The Morgan fingerprint density at radius 1 is 0.774 bits per heavy atom. The number of anilines is 1. The maximum absolute atomic E-state index is 14.9. The standard InChI is InChI=1S/C40H58N6O7/c1-5-14-28(32(47)36(50)41-27-21-22-27)43-34(48)30-23-25-17-12-13-20-29(25)46(30)39(53)33(40(2,3)4)45-35(49)31(24-15-8-6-9-16-24)44-38(52)37(51)42-26-18-10-7-11-19-26/h7,10-11,18-19,24-25,27-31,33H,5-6,8-9,12-17,20-23H2,1-4H3,(H,41,50)(H,42,51)(H,43,48)(H,44,52)(H,45,49)/t25?,28-,29?,30-,31-,33+/m0/s1. The summed E-state index contributed by atoms with van der Waals surface area (Å²) in [5.74, 6) is -4.81. The van der Waals surface area contributed by atoms with Gasteiger partial charge in [-0.25, -0.2) is 0 Å². The monoisotopic (exact) mass is 734 g/mol. The molecule has 0 radical (unpaired) electrons. The quantitative estimate of drug-likeness (QED) is 0.192. The van der Waals surface area contributed by atoms with Crippen molar-refractivity contribution in [2.75, 3.05) is 5.32 Å². The van der Waals surface area contributed by atoms with Gasteiger partial charge in [-0.1, -0.05) is 84.4 Å². The van der Waals surface area contributed by atoms with E-state index in [9.17, 15) is 33.6 Å². The zero-order chi connectivity index (χ0) is 38.3. The maximum Gasteiger partial charge on any atom is 0.313 e. The van der Waals surface area contributed by atoms with Crippen LogP contribution in [0.5, 0.6) is 0 Å². The Kier molecular flexibility index (Phi) is 13.3. The van der Waals surface area contributed by atoms with Crippen molar-refractivity contribution in [3.63, 3.8) is 0 Å². The van der Waals surface area contributed by atoms with Crippen LogP contribution in [0.2, 0.25) is 0 Å². The van der Waals surface area contributed by atoms with E-state index >= 15 is 0 Å². The summed E-state index contributed by atoms with van der Waals surface area (Å²) >= 11 is 0. The number of likely N-dealkylation sites (tertiary alicyclic amines) is 1. The summed E-state index contributed by atoms with van der Waals surface area (Å²) in [6.45, 7) is 7.40. The third kappa shape index (κ3) is 10.2. The minimum atomic E-state index is -1.07. The van der Waals surface area contributed by atoms with Gasteiger partial charge in [0.1, 0.15) is 18.1 Å². The van der Waals surface area contributed by atoms with Gasteiger partial charge in [0.15, 0.2) is 0 Å². The number of fused-ring (bicyclic) bond motifs is 1. The fourth-order valence-electron chi connectivity index (χ4n) is 8.29. The summed E-state index contributed by atoms with van der Waals surface area (Å²) in [5.41, 5.74) is -0.352. The molecule has 4 fully saturated rings. The Morgan fingerprint density at radius 2 is 1.43 bits per heavy atom. The Hall–Kier alpha value is -4.29. The number of hydrogen-bond acceptors (Lipinski definition) is 7. The molecule has 2 unspecified atom stereocenters. The molecule has 4 aliphatic rings. The van der Waals surface area contributed by atoms with Crippen molar-refractivity contribution in [1.82, 2.24) is 26.2 Å². The van der Waals surface area contributed by atoms with Crippen LogP contribution in [0.25, 0.3) is 0 Å². The fraction of sp³-hybridized carbons (Fsp3) is 0.675. The highest BCUT2D eigenvalue weighted by molar-refractivity contribution is 6.40. The minimum Gasteiger partial charge on any atom is -0.347 e. The normalized spacial score (nSPS) is 23.4. The minimum absolute atomic E-state index is 0.00230. The summed E-state index contributed by atoms with van der Waals surface area (Å²) in [7, 11) is 0. The highest BCUT2D eigenvalue weighted by atomic mass is 16.2. The number of rotatable bonds is 13. The summed E-state index contributed by atoms with van der Waals surface area (Å²) in [6, 6.07) is 4.34. The molecule has 0 bridgehead atoms. The molecule has 6 atom stereocenters. The molecule has 1 aromatic rings. The molecule has 53 heavy (non-hydrogen) atoms. The van der Waals surface area contributed by atoms with E-state index in [1.165, 1.54) is 0 Å². The van der Waals surface area contributed by atoms with Gasteiger partial charge in [0, 0.05) is 17.8 Å². The number of benzene rings is 1. The zero-order valence-electron chi connectivity index (χ0n) is 31.7. The summed E-state index contributed by atoms with van der Waals surface area (Å²) in [5, 5.41) is 13.8. The Labute approximate surface area is 312 Å². The maximum atomic E-state index is 14.9. The van der Waals surface area contributed by atoms with E-state index in [0.717, 1.165) is 51.4 Å². The van der Waals surface area contributed by atoms with Crippen LogP contribution in [0, 0.1) is 17.3 Å². The molecule has 13 heteroatoms. The van der Waals surface area contributed by atoms with E-state index < -0.39 is 70.8 Å². The number of ketones is 1. The number of Topliss-reactive ketones (excluding diaryl/α,β-unsaturated/α-hetero) is 1. The van der Waals surface area contributed by atoms with Gasteiger partial charge in [-0.05, 0) is 80.8 Å². The molecule has 0 aromatic heterocycles. The molecule has 5 rings (SSSR count). The first-order valence-corrected chi connectivity index (χ1v) is 19.7. The van der Waals surface area contributed by atoms with Gasteiger partial charge < -0.3 is 31.5 Å². The fourth-order valence-corrected chi connectivity index (χ4v) is 8.29. The predicted octanol–water partition coefficient (Wildman–Crippen LogP) is 3.51. The predicted molar refractivity (Wildman–Crippen MR) is 199 cm³/mol. The number of para-hydroxylation sites is 1. The third-order valence-electron chi connectivity index (χ3n) is 11.3. The van der Waals surface area contributed by atoms with Crippen molar-refractivity contribution in [1.29, 1.82) is 0 Å². The molecule has 13 nitrogen and oxygen atoms in total. The number of nitrogens with one attached hydrogen (secondary N) is 5. The van der Waals surface area contributed by atoms with Crippen LogP contribution in [0.4, 0.5) is 5.69 Å². The van der Waals surface area contributed by atoms with Gasteiger partial charge >= 0.3 is 11.8 Å². The SMILES string of the molecule is CCC[C@H](NC(=O)[C@@H]1CC2CCCCC2N1C(=O)[C@@H](NC(=O)[C@@H](NC(=O)C(=O)Nc1ccccc1)C1CCCCC1)C(C)(C)C)C(=O)C(=O)NC1CC1. The van der Waals surface area contributed by atoms with Crippen molar-refractivity contribution in [2.45, 2.75) is 154 Å². The van der Waals surface area contributed by atoms with Crippen LogP contribution >= 0.6 is 0 Å². The van der Waals surface area contributed by atoms with E-state index in [-0.39, 0.29) is 30.3 Å². The molecule has 290 valence electrons. The lowest BCUT2D eigenvalue weighted by atomic mass is 9.81. The smallest absolute Gasteiger partial charge is 0.313 e. The lowest BCUT2D eigenvalue weighted by molar-refractivity contribution is -0.148. The van der Waals surface area contributed by atoms with Gasteiger partial charge in [-0.3, -0.25) is 33.6 Å². The van der Waals surface area contributed by atoms with Gasteiger partial charge in [0.25, 0.3) is 5.91 Å². The molecular formula is C40H58N6O7. The Morgan fingerprint density at radius 3 is 2.08 bits per heavy atom. The van der Waals surface area contributed by atoms with Gasteiger partial charge in [-0.15, -0.1) is 0 Å². The number of nitrogens with zero attached hydrogens (tertiary/aromatic N) is 1. The molecule has 1 aromatic carbocycles. The lowest BCUT2D eigenvalue weighted by Gasteiger charge is -2.40. The van der Waals surface area contributed by atoms with Gasteiger partial charge in [0.05, 0.1) is 6.04 Å². The second-order valence-electron chi connectivity index (χ2n) is 16.5. The summed E-state index contributed by atoms with van der Waals surface area (Å²) < 4.78 is 0. The summed E-state index contributed by atoms with van der Waals surface area (Å²) in [6.07, 6.45) is 10.5. The molecule has 1 saturated heterocycles. The number of amides is 6. The highest BCUT2D eigenvalue weighted by Crippen LogP contribution is 2.41. The van der Waals surface area contributed by atoms with Crippen molar-refractivity contribution in [3.8, 4) is 0 Å². The molecule has 1 heterocycles. The van der Waals surface area contributed by atoms with Crippen molar-refractivity contribution < 1.29 is 33.6 Å². The first kappa shape index (κ1) is 39.9. The van der Waals surface area contributed by atoms with Gasteiger partial charge in [0.2, 0.25) is 23.5 Å². The van der Waals surface area contributed by atoms with Crippen LogP contribution in [0.1, 0.15) is 118 Å². The summed E-state index contributed by atoms with van der Waals surface area (Å²) in [4.78, 5) is 96.9. The lowest BCUT2D eigenvalue weighted by Crippen LogP contribution is -2.63. The van der Waals surface area contributed by atoms with Crippen molar-refractivity contribution >= 4 is 46.9 Å². The van der Waals surface area contributed by atoms with Crippen LogP contribution in [-0.2, 0) is 33.6 Å². The average molecular weight is 735 g/mol. The van der Waals surface area contributed by atoms with Crippen molar-refractivity contribution in [2.24, 2.45) is 17.3 Å². The van der Waals surface area contributed by atoms with E-state index in [4.69, 9.17) is 0 Å². The van der Waals surface area contributed by atoms with Crippen LogP contribution < -0.4 is 26.6 Å². The van der Waals surface area contributed by atoms with Crippen LogP contribution in [-0.4, -0.2) is 82.4 Å². The Bertz CT molecular complexity index is 1520. The number of hydrogen-bond donors (Lipinski definition) is 5. The first-order valence-electron chi connectivity index (χ1n) is 19.7. The number of carbonyl (C=O) groups is 7. The van der Waals surface area contributed by atoms with Crippen LogP contribution in [0.3, 0.4) is 0 Å². The second kappa shape index (κ2) is 17.7. The molecule has 6 amide bonds. The van der Waals surface area contributed by atoms with Crippen LogP contribution in [0.15, 0.2) is 30.3 Å². The topological polar surface area (TPSA) is 183 Å². The number of carbonyl (C=O) groups excluding carboxylic acids is 7. The largest absolute Gasteiger partial charge is 0.347 e. The second-order valence-corrected chi connectivity index (χ2v) is 16.5. The molecule has 0 spiro atoms. The molecule has 1 aliphatic heterocycles. The third-order valence-corrected chi connectivity index (χ3v) is 11.3. The van der Waals surface area contributed by atoms with E-state index in [1.54, 1.807) is 35.2 Å². The molecule has 3 aliphatic carbocycles. The average Bonchev–Trinajstić information content (AvgIpc) is 3.87. The van der Waals surface area contributed by atoms with E-state index in [0.29, 0.717) is 37.8 Å². The van der Waals surface area contributed by atoms with Gasteiger partial charge in [-0.2, -0.15) is 0 Å².